The number of ether oxygens (including phenoxy) is 1. The van der Waals surface area contributed by atoms with Crippen LogP contribution in [0.5, 0.6) is 0 Å². The van der Waals surface area contributed by atoms with E-state index in [0.717, 1.165) is 5.56 Å². The van der Waals surface area contributed by atoms with Gasteiger partial charge in [0.2, 0.25) is 0 Å². The Balaban J connectivity index is 2.45. The molecule has 0 aliphatic rings. The zero-order chi connectivity index (χ0) is 11.1. The molecule has 1 rings (SSSR count). The highest BCUT2D eigenvalue weighted by Crippen LogP contribution is 2.23. The normalized spacial score (nSPS) is 11.8. The van der Waals surface area contributed by atoms with Crippen LogP contribution < -0.4 is 0 Å². The Labute approximate surface area is 94.5 Å². The van der Waals surface area contributed by atoms with Crippen LogP contribution >= 0.6 is 11.6 Å². The zero-order valence-corrected chi connectivity index (χ0v) is 9.11. The number of rotatable bonds is 5. The summed E-state index contributed by atoms with van der Waals surface area (Å²) in [4.78, 5) is 11.2. The van der Waals surface area contributed by atoms with E-state index >= 15 is 0 Å². The van der Waals surface area contributed by atoms with Gasteiger partial charge in [-0.25, -0.2) is 0 Å². The summed E-state index contributed by atoms with van der Waals surface area (Å²) < 4.78 is 4.84. The van der Waals surface area contributed by atoms with Crippen molar-refractivity contribution in [1.29, 1.82) is 0 Å². The van der Waals surface area contributed by atoms with Gasteiger partial charge in [-0.3, -0.25) is 4.79 Å². The standard InChI is InChI=1S/C12H13ClO2/c1-2-8-15-12(14)9-11(13)10-6-4-3-5-7-10/h2-7,11H,1,8-9H2. The molecule has 1 unspecified atom stereocenters. The van der Waals surface area contributed by atoms with E-state index in [4.69, 9.17) is 16.3 Å². The van der Waals surface area contributed by atoms with Gasteiger partial charge in [0.15, 0.2) is 0 Å². The molecule has 0 aromatic heterocycles. The van der Waals surface area contributed by atoms with Crippen molar-refractivity contribution >= 4 is 17.6 Å². The number of hydrogen-bond donors (Lipinski definition) is 0. The van der Waals surface area contributed by atoms with Crippen molar-refractivity contribution in [3.8, 4) is 0 Å². The lowest BCUT2D eigenvalue weighted by molar-refractivity contribution is -0.142. The van der Waals surface area contributed by atoms with Crippen LogP contribution in [0.1, 0.15) is 17.4 Å². The minimum Gasteiger partial charge on any atom is -0.461 e. The highest BCUT2D eigenvalue weighted by Gasteiger charge is 2.13. The van der Waals surface area contributed by atoms with Crippen molar-refractivity contribution in [3.05, 3.63) is 48.6 Å². The van der Waals surface area contributed by atoms with E-state index in [0.29, 0.717) is 0 Å². The molecule has 3 heteroatoms. The molecule has 0 spiro atoms. The van der Waals surface area contributed by atoms with Crippen LogP contribution in [0.3, 0.4) is 0 Å². The summed E-state index contributed by atoms with van der Waals surface area (Å²) in [6.07, 6.45) is 1.71. The number of carbonyl (C=O) groups excluding carboxylic acids is 1. The molecule has 0 radical (unpaired) electrons. The Kier molecular flexibility index (Phi) is 4.91. The highest BCUT2D eigenvalue weighted by molar-refractivity contribution is 6.21. The highest BCUT2D eigenvalue weighted by atomic mass is 35.5. The van der Waals surface area contributed by atoms with Crippen LogP contribution in [-0.2, 0) is 9.53 Å². The number of benzene rings is 1. The third kappa shape index (κ3) is 4.17. The molecule has 0 fully saturated rings. The zero-order valence-electron chi connectivity index (χ0n) is 8.36. The first kappa shape index (κ1) is 11.8. The summed E-state index contributed by atoms with van der Waals surface area (Å²) in [5, 5.41) is -0.330. The van der Waals surface area contributed by atoms with Crippen LogP contribution in [0.4, 0.5) is 0 Å². The van der Waals surface area contributed by atoms with E-state index in [-0.39, 0.29) is 24.4 Å². The first-order valence-electron chi connectivity index (χ1n) is 4.69. The topological polar surface area (TPSA) is 26.3 Å². The maximum absolute atomic E-state index is 11.2. The average Bonchev–Trinajstić information content (AvgIpc) is 2.27. The second-order valence-corrected chi connectivity index (χ2v) is 3.58. The Morgan fingerprint density at radius 1 is 1.47 bits per heavy atom. The summed E-state index contributed by atoms with van der Waals surface area (Å²) in [5.74, 6) is -0.307. The van der Waals surface area contributed by atoms with Gasteiger partial charge in [-0.15, -0.1) is 11.6 Å². The summed E-state index contributed by atoms with van der Waals surface area (Å²) >= 11 is 6.05. The molecule has 0 heterocycles. The maximum Gasteiger partial charge on any atom is 0.307 e. The summed E-state index contributed by atoms with van der Waals surface area (Å²) in [6, 6.07) is 9.46. The van der Waals surface area contributed by atoms with Crippen molar-refractivity contribution < 1.29 is 9.53 Å². The lowest BCUT2D eigenvalue weighted by atomic mass is 10.1. The first-order valence-corrected chi connectivity index (χ1v) is 5.13. The lowest BCUT2D eigenvalue weighted by Gasteiger charge is -2.08. The van der Waals surface area contributed by atoms with E-state index < -0.39 is 0 Å². The molecule has 1 atom stereocenters. The molecule has 1 aromatic carbocycles. The fraction of sp³-hybridized carbons (Fsp3) is 0.250. The SMILES string of the molecule is C=CCOC(=O)CC(Cl)c1ccccc1. The average molecular weight is 225 g/mol. The Bertz CT molecular complexity index is 322. The van der Waals surface area contributed by atoms with E-state index in [2.05, 4.69) is 6.58 Å². The number of hydrogen-bond acceptors (Lipinski definition) is 2. The van der Waals surface area contributed by atoms with Crippen LogP contribution in [0, 0.1) is 0 Å². The van der Waals surface area contributed by atoms with E-state index in [9.17, 15) is 4.79 Å². The van der Waals surface area contributed by atoms with Crippen molar-refractivity contribution in [2.45, 2.75) is 11.8 Å². The second kappa shape index (κ2) is 6.25. The van der Waals surface area contributed by atoms with Crippen LogP contribution in [0.25, 0.3) is 0 Å². The molecule has 0 aliphatic carbocycles. The van der Waals surface area contributed by atoms with E-state index in [1.165, 1.54) is 6.08 Å². The van der Waals surface area contributed by atoms with Gasteiger partial charge in [0.25, 0.3) is 0 Å². The van der Waals surface area contributed by atoms with Gasteiger partial charge in [-0.1, -0.05) is 43.0 Å². The van der Waals surface area contributed by atoms with Crippen LogP contribution in [0.2, 0.25) is 0 Å². The van der Waals surface area contributed by atoms with E-state index in [1.54, 1.807) is 0 Å². The molecule has 0 N–H and O–H groups in total. The van der Waals surface area contributed by atoms with Gasteiger partial charge in [-0.05, 0) is 5.56 Å². The third-order valence-corrected chi connectivity index (χ3v) is 2.28. The van der Waals surface area contributed by atoms with Gasteiger partial charge < -0.3 is 4.74 Å². The van der Waals surface area contributed by atoms with E-state index in [1.807, 2.05) is 30.3 Å². The van der Waals surface area contributed by atoms with Gasteiger partial charge in [0, 0.05) is 0 Å². The molecule has 0 amide bonds. The molecule has 0 aliphatic heterocycles. The molecule has 1 aromatic rings. The minimum absolute atomic E-state index is 0.180. The quantitative estimate of drug-likeness (QED) is 0.437. The fourth-order valence-corrected chi connectivity index (χ4v) is 1.41. The maximum atomic E-state index is 11.2. The predicted molar refractivity (Wildman–Crippen MR) is 60.8 cm³/mol. The van der Waals surface area contributed by atoms with Gasteiger partial charge in [0.05, 0.1) is 11.8 Å². The second-order valence-electron chi connectivity index (χ2n) is 3.05. The third-order valence-electron chi connectivity index (χ3n) is 1.87. The van der Waals surface area contributed by atoms with Crippen LogP contribution in [-0.4, -0.2) is 12.6 Å². The van der Waals surface area contributed by atoms with Gasteiger partial charge in [0.1, 0.15) is 6.61 Å². The molecular weight excluding hydrogens is 212 g/mol. The first-order chi connectivity index (χ1) is 7.24. The summed E-state index contributed by atoms with van der Waals surface area (Å²) in [6.45, 7) is 3.69. The van der Waals surface area contributed by atoms with Crippen molar-refractivity contribution in [1.82, 2.24) is 0 Å². The number of esters is 1. The number of carbonyl (C=O) groups is 1. The van der Waals surface area contributed by atoms with Gasteiger partial charge >= 0.3 is 5.97 Å². The molecule has 0 saturated heterocycles. The molecule has 2 nitrogen and oxygen atoms in total. The van der Waals surface area contributed by atoms with Crippen molar-refractivity contribution in [3.63, 3.8) is 0 Å². The Morgan fingerprint density at radius 3 is 2.73 bits per heavy atom. The number of alkyl halides is 1. The summed E-state index contributed by atoms with van der Waals surface area (Å²) in [7, 11) is 0. The Hall–Kier alpha value is -1.28. The molecule has 15 heavy (non-hydrogen) atoms. The largest absolute Gasteiger partial charge is 0.461 e. The molecule has 0 saturated carbocycles. The molecular formula is C12H13ClO2. The lowest BCUT2D eigenvalue weighted by Crippen LogP contribution is -2.07. The summed E-state index contributed by atoms with van der Waals surface area (Å²) in [5.41, 5.74) is 0.926. The van der Waals surface area contributed by atoms with Crippen molar-refractivity contribution in [2.24, 2.45) is 0 Å². The Morgan fingerprint density at radius 2 is 2.13 bits per heavy atom. The molecule has 0 bridgehead atoms. The fourth-order valence-electron chi connectivity index (χ4n) is 1.14. The smallest absolute Gasteiger partial charge is 0.307 e. The van der Waals surface area contributed by atoms with Crippen LogP contribution in [0.15, 0.2) is 43.0 Å². The van der Waals surface area contributed by atoms with Gasteiger partial charge in [-0.2, -0.15) is 0 Å². The number of halogens is 1. The molecule has 80 valence electrons. The predicted octanol–water partition coefficient (Wildman–Crippen LogP) is 3.09. The van der Waals surface area contributed by atoms with Crippen molar-refractivity contribution in [2.75, 3.05) is 6.61 Å². The monoisotopic (exact) mass is 224 g/mol. The minimum atomic E-state index is -0.330.